The van der Waals surface area contributed by atoms with Gasteiger partial charge in [-0.25, -0.2) is 4.79 Å². The third-order valence-electron chi connectivity index (χ3n) is 4.01. The van der Waals surface area contributed by atoms with Crippen LogP contribution >= 0.6 is 0 Å². The smallest absolute Gasteiger partial charge is 0.330 e. The zero-order valence-corrected chi connectivity index (χ0v) is 14.2. The molecule has 2 N–H and O–H groups in total. The van der Waals surface area contributed by atoms with Crippen LogP contribution in [0.1, 0.15) is 52.9 Å². The van der Waals surface area contributed by atoms with Crippen molar-refractivity contribution in [1.82, 2.24) is 0 Å². The van der Waals surface area contributed by atoms with Crippen molar-refractivity contribution >= 4 is 17.9 Å². The molecule has 0 aromatic rings. The topological polar surface area (TPSA) is 101 Å². The summed E-state index contributed by atoms with van der Waals surface area (Å²) < 4.78 is 5.05. The summed E-state index contributed by atoms with van der Waals surface area (Å²) in [5.74, 6) is -2.17. The highest BCUT2D eigenvalue weighted by Gasteiger charge is 2.29. The van der Waals surface area contributed by atoms with Crippen molar-refractivity contribution in [2.45, 2.75) is 59.0 Å². The molecule has 0 bridgehead atoms. The van der Waals surface area contributed by atoms with Crippen molar-refractivity contribution in [3.63, 3.8) is 0 Å². The quantitative estimate of drug-likeness (QED) is 0.574. The van der Waals surface area contributed by atoms with Crippen LogP contribution in [0.4, 0.5) is 0 Å². The molecule has 1 atom stereocenters. The molecule has 0 aliphatic heterocycles. The van der Waals surface area contributed by atoms with Crippen LogP contribution in [0.3, 0.4) is 0 Å². The summed E-state index contributed by atoms with van der Waals surface area (Å²) in [6, 6.07) is 0. The summed E-state index contributed by atoms with van der Waals surface area (Å²) in [5, 5.41) is 17.2. The van der Waals surface area contributed by atoms with Crippen LogP contribution in [0.2, 0.25) is 0 Å². The number of aliphatic carboxylic acids is 2. The van der Waals surface area contributed by atoms with Crippen LogP contribution < -0.4 is 0 Å². The Hall–Kier alpha value is -1.85. The highest BCUT2D eigenvalue weighted by atomic mass is 16.5. The van der Waals surface area contributed by atoms with Crippen LogP contribution in [-0.4, -0.2) is 34.2 Å². The second kappa shape index (κ2) is 10.8. The van der Waals surface area contributed by atoms with Gasteiger partial charge in [0.2, 0.25) is 0 Å². The minimum absolute atomic E-state index is 0.0282. The maximum atomic E-state index is 10.7. The monoisotopic (exact) mass is 328 g/mol. The molecule has 1 aliphatic carbocycles. The Bertz CT molecular complexity index is 385. The number of rotatable bonds is 6. The zero-order chi connectivity index (χ0) is 18.0. The SMILES string of the molecule is C=CC(=O)OC(CC)C(C)C.O=C(O)C1CCC(C(=O)O)CC1. The van der Waals surface area contributed by atoms with Gasteiger partial charge in [0.1, 0.15) is 6.10 Å². The Kier molecular flexibility index (Phi) is 9.94. The van der Waals surface area contributed by atoms with E-state index in [2.05, 4.69) is 6.58 Å². The molecule has 0 radical (unpaired) electrons. The largest absolute Gasteiger partial charge is 0.481 e. The van der Waals surface area contributed by atoms with Crippen molar-refractivity contribution < 1.29 is 29.3 Å². The number of carbonyl (C=O) groups excluding carboxylic acids is 1. The second-order valence-corrected chi connectivity index (χ2v) is 6.06. The molecule has 6 heteroatoms. The molecule has 6 nitrogen and oxygen atoms in total. The van der Waals surface area contributed by atoms with Crippen molar-refractivity contribution in [3.8, 4) is 0 Å². The molecular weight excluding hydrogens is 300 g/mol. The number of carboxylic acid groups (broad SMARTS) is 2. The minimum Gasteiger partial charge on any atom is -0.481 e. The molecule has 0 aromatic heterocycles. The fourth-order valence-corrected chi connectivity index (χ4v) is 2.48. The summed E-state index contributed by atoms with van der Waals surface area (Å²) in [4.78, 5) is 31.7. The van der Waals surface area contributed by atoms with Gasteiger partial charge in [0.25, 0.3) is 0 Å². The van der Waals surface area contributed by atoms with E-state index in [1.165, 1.54) is 6.08 Å². The van der Waals surface area contributed by atoms with Crippen molar-refractivity contribution in [2.75, 3.05) is 0 Å². The summed E-state index contributed by atoms with van der Waals surface area (Å²) in [6.07, 6.45) is 4.11. The van der Waals surface area contributed by atoms with Crippen LogP contribution in [0.25, 0.3) is 0 Å². The van der Waals surface area contributed by atoms with Crippen LogP contribution in [0.15, 0.2) is 12.7 Å². The zero-order valence-electron chi connectivity index (χ0n) is 14.2. The van der Waals surface area contributed by atoms with E-state index < -0.39 is 11.9 Å². The third kappa shape index (κ3) is 8.38. The molecule has 1 rings (SSSR count). The summed E-state index contributed by atoms with van der Waals surface area (Å²) in [5.41, 5.74) is 0. The van der Waals surface area contributed by atoms with Gasteiger partial charge >= 0.3 is 17.9 Å². The first-order valence-corrected chi connectivity index (χ1v) is 8.01. The number of carbonyl (C=O) groups is 3. The number of hydrogen-bond acceptors (Lipinski definition) is 4. The lowest BCUT2D eigenvalue weighted by molar-refractivity contribution is -0.148. The molecule has 0 saturated heterocycles. The van der Waals surface area contributed by atoms with Crippen LogP contribution in [0, 0.1) is 17.8 Å². The van der Waals surface area contributed by atoms with E-state index in [-0.39, 0.29) is 23.9 Å². The molecule has 132 valence electrons. The lowest BCUT2D eigenvalue weighted by Gasteiger charge is -2.22. The van der Waals surface area contributed by atoms with Crippen molar-refractivity contribution in [2.24, 2.45) is 17.8 Å². The molecule has 0 spiro atoms. The van der Waals surface area contributed by atoms with Crippen LogP contribution in [0.5, 0.6) is 0 Å². The number of ether oxygens (including phenoxy) is 1. The molecule has 0 amide bonds. The average Bonchev–Trinajstić information content (AvgIpc) is 2.52. The van der Waals surface area contributed by atoms with E-state index in [1.807, 2.05) is 20.8 Å². The van der Waals surface area contributed by atoms with E-state index >= 15 is 0 Å². The van der Waals surface area contributed by atoms with Gasteiger partial charge in [-0.1, -0.05) is 27.4 Å². The predicted molar refractivity (Wildman–Crippen MR) is 85.9 cm³/mol. The van der Waals surface area contributed by atoms with Gasteiger partial charge in [-0.2, -0.15) is 0 Å². The van der Waals surface area contributed by atoms with Gasteiger partial charge in [-0.15, -0.1) is 0 Å². The highest BCUT2D eigenvalue weighted by molar-refractivity contribution is 5.81. The first-order chi connectivity index (χ1) is 10.7. The van der Waals surface area contributed by atoms with E-state index in [0.717, 1.165) is 6.42 Å². The van der Waals surface area contributed by atoms with Crippen LogP contribution in [-0.2, 0) is 19.1 Å². The number of esters is 1. The van der Waals surface area contributed by atoms with E-state index in [0.29, 0.717) is 31.6 Å². The van der Waals surface area contributed by atoms with Crippen molar-refractivity contribution in [3.05, 3.63) is 12.7 Å². The Morgan fingerprint density at radius 1 is 1.09 bits per heavy atom. The van der Waals surface area contributed by atoms with E-state index in [9.17, 15) is 14.4 Å². The Balaban J connectivity index is 0.000000423. The van der Waals surface area contributed by atoms with Gasteiger partial charge in [0.15, 0.2) is 0 Å². The number of hydrogen-bond donors (Lipinski definition) is 2. The van der Waals surface area contributed by atoms with Gasteiger partial charge in [0.05, 0.1) is 11.8 Å². The molecule has 1 saturated carbocycles. The normalized spacial score (nSPS) is 21.6. The minimum atomic E-state index is -0.793. The van der Waals surface area contributed by atoms with Gasteiger partial charge in [-0.3, -0.25) is 9.59 Å². The predicted octanol–water partition coefficient (Wildman–Crippen LogP) is 3.11. The molecule has 0 aromatic carbocycles. The fraction of sp³-hybridized carbons (Fsp3) is 0.706. The highest BCUT2D eigenvalue weighted by Crippen LogP contribution is 2.28. The van der Waals surface area contributed by atoms with E-state index in [4.69, 9.17) is 14.9 Å². The Morgan fingerprint density at radius 3 is 1.70 bits per heavy atom. The summed E-state index contributed by atoms with van der Waals surface area (Å²) in [7, 11) is 0. The van der Waals surface area contributed by atoms with E-state index in [1.54, 1.807) is 0 Å². The first kappa shape index (κ1) is 21.1. The molecular formula is C17H28O6. The lowest BCUT2D eigenvalue weighted by Crippen LogP contribution is -2.25. The van der Waals surface area contributed by atoms with Gasteiger partial charge in [-0.05, 0) is 38.0 Å². The standard InChI is InChI=1S/C9H16O2.C8H12O4/c1-5-8(7(3)4)11-9(10)6-2;9-7(10)5-1-2-6(4-3-5)8(11)12/h6-8H,2,5H2,1,3-4H3;5-6H,1-4H2,(H,9,10)(H,11,12). The Morgan fingerprint density at radius 2 is 1.48 bits per heavy atom. The first-order valence-electron chi connectivity index (χ1n) is 8.01. The maximum Gasteiger partial charge on any atom is 0.330 e. The number of carboxylic acids is 2. The van der Waals surface area contributed by atoms with Crippen molar-refractivity contribution in [1.29, 1.82) is 0 Å². The van der Waals surface area contributed by atoms with Gasteiger partial charge in [0, 0.05) is 6.08 Å². The van der Waals surface area contributed by atoms with Gasteiger partial charge < -0.3 is 14.9 Å². The Labute approximate surface area is 137 Å². The third-order valence-corrected chi connectivity index (χ3v) is 4.01. The molecule has 1 fully saturated rings. The second-order valence-electron chi connectivity index (χ2n) is 6.06. The lowest BCUT2D eigenvalue weighted by atomic mass is 9.82. The molecule has 1 aliphatic rings. The summed E-state index contributed by atoms with van der Waals surface area (Å²) >= 11 is 0. The molecule has 23 heavy (non-hydrogen) atoms. The maximum absolute atomic E-state index is 10.7. The average molecular weight is 328 g/mol. The molecule has 1 unspecified atom stereocenters. The summed E-state index contributed by atoms with van der Waals surface area (Å²) in [6.45, 7) is 9.40. The fourth-order valence-electron chi connectivity index (χ4n) is 2.48. The molecule has 0 heterocycles.